The Morgan fingerprint density at radius 1 is 1.21 bits per heavy atom. The number of rotatable bonds is 1. The Kier molecular flexibility index (Phi) is 9.65. The van der Waals surface area contributed by atoms with Gasteiger partial charge in [0.15, 0.2) is 5.78 Å². The van der Waals surface area contributed by atoms with Crippen molar-refractivity contribution in [3.05, 3.63) is 47.6 Å². The maximum atomic E-state index is 11.8. The third-order valence-electron chi connectivity index (χ3n) is 3.38. The van der Waals surface area contributed by atoms with Crippen LogP contribution in [0, 0.1) is 0 Å². The molecular weight excluding hydrogens is 308 g/mol. The molecule has 0 radical (unpaired) electrons. The molecule has 0 aromatic carbocycles. The molecule has 0 saturated carbocycles. The first kappa shape index (κ1) is 20.1. The van der Waals surface area contributed by atoms with E-state index in [4.69, 9.17) is 9.47 Å². The lowest BCUT2D eigenvalue weighted by molar-refractivity contribution is -0.144. The molecule has 5 nitrogen and oxygen atoms in total. The summed E-state index contributed by atoms with van der Waals surface area (Å²) in [5, 5.41) is 9.34. The van der Waals surface area contributed by atoms with Crippen molar-refractivity contribution < 1.29 is 24.2 Å². The smallest absolute Gasteiger partial charge is 0.331 e. The van der Waals surface area contributed by atoms with Gasteiger partial charge in [-0.05, 0) is 26.3 Å². The molecule has 0 bridgehead atoms. The lowest BCUT2D eigenvalue weighted by Gasteiger charge is -2.14. The Labute approximate surface area is 143 Å². The summed E-state index contributed by atoms with van der Waals surface area (Å²) in [5.41, 5.74) is 1.83. The second-order valence-corrected chi connectivity index (χ2v) is 5.78. The van der Waals surface area contributed by atoms with Crippen molar-refractivity contribution in [3.63, 3.8) is 0 Å². The van der Waals surface area contributed by atoms with E-state index in [0.29, 0.717) is 32.5 Å². The van der Waals surface area contributed by atoms with Gasteiger partial charge in [0.05, 0.1) is 19.8 Å². The average Bonchev–Trinajstić information content (AvgIpc) is 2.52. The molecule has 1 N–H and O–H groups in total. The minimum atomic E-state index is -0.577. The van der Waals surface area contributed by atoms with Crippen LogP contribution in [-0.2, 0) is 19.1 Å². The zero-order chi connectivity index (χ0) is 17.8. The first-order valence-corrected chi connectivity index (χ1v) is 8.09. The standard InChI is InChI=1S/C19H26O5/c1-15-6-5-8-19(22)24-18(14-20)13-16(2)9-11-23-10-4-3-7-17(21)12-15/h3,5-9,18,20H,4,10-14H2,1-2H3/b7-3+,8-5+,15-6-,16-9+/t18-/m0/s1. The van der Waals surface area contributed by atoms with Gasteiger partial charge in [-0.2, -0.15) is 0 Å². The van der Waals surface area contributed by atoms with Gasteiger partial charge < -0.3 is 14.6 Å². The fourth-order valence-corrected chi connectivity index (χ4v) is 2.12. The van der Waals surface area contributed by atoms with Gasteiger partial charge in [0, 0.05) is 18.9 Å². The molecule has 0 aromatic heterocycles. The van der Waals surface area contributed by atoms with E-state index in [1.807, 2.05) is 26.0 Å². The minimum absolute atomic E-state index is 0.0110. The lowest BCUT2D eigenvalue weighted by Crippen LogP contribution is -2.21. The van der Waals surface area contributed by atoms with E-state index in [0.717, 1.165) is 11.1 Å². The van der Waals surface area contributed by atoms with Gasteiger partial charge in [-0.25, -0.2) is 4.79 Å². The SMILES string of the molecule is C/C1=C/C=C/C(=O)O[C@H](CO)C/C(C)=C/COCC/C=C/C(=O)C1. The van der Waals surface area contributed by atoms with Crippen LogP contribution in [-0.4, -0.2) is 42.8 Å². The van der Waals surface area contributed by atoms with Crippen molar-refractivity contribution >= 4 is 11.8 Å². The van der Waals surface area contributed by atoms with Crippen LogP contribution in [0.5, 0.6) is 0 Å². The fraction of sp³-hybridized carbons (Fsp3) is 0.474. The topological polar surface area (TPSA) is 72.8 Å². The first-order chi connectivity index (χ1) is 11.5. The Morgan fingerprint density at radius 3 is 2.75 bits per heavy atom. The number of aliphatic hydroxyl groups excluding tert-OH is 1. The molecule has 0 fully saturated rings. The average molecular weight is 334 g/mol. The van der Waals surface area contributed by atoms with Crippen LogP contribution in [0.15, 0.2) is 47.6 Å². The summed E-state index contributed by atoms with van der Waals surface area (Å²) >= 11 is 0. The summed E-state index contributed by atoms with van der Waals surface area (Å²) in [6.07, 6.45) is 10.7. The second-order valence-electron chi connectivity index (χ2n) is 5.78. The number of aliphatic hydroxyl groups is 1. The van der Waals surface area contributed by atoms with Crippen molar-refractivity contribution in [3.8, 4) is 0 Å². The summed E-state index contributed by atoms with van der Waals surface area (Å²) < 4.78 is 10.7. The number of cyclic esters (lactones) is 1. The molecule has 0 spiro atoms. The Balaban J connectivity index is 2.79. The summed E-state index contributed by atoms with van der Waals surface area (Å²) in [6, 6.07) is 0. The molecule has 5 heteroatoms. The van der Waals surface area contributed by atoms with E-state index < -0.39 is 12.1 Å². The monoisotopic (exact) mass is 334 g/mol. The number of hydrogen-bond donors (Lipinski definition) is 1. The molecule has 1 aliphatic rings. The molecule has 132 valence electrons. The highest BCUT2D eigenvalue weighted by Crippen LogP contribution is 2.09. The van der Waals surface area contributed by atoms with Crippen LogP contribution in [0.4, 0.5) is 0 Å². The molecule has 0 aliphatic carbocycles. The quantitative estimate of drug-likeness (QED) is 0.589. The van der Waals surface area contributed by atoms with Gasteiger partial charge in [0.25, 0.3) is 0 Å². The predicted octanol–water partition coefficient (Wildman–Crippen LogP) is 2.67. The van der Waals surface area contributed by atoms with Crippen molar-refractivity contribution in [1.82, 2.24) is 0 Å². The van der Waals surface area contributed by atoms with E-state index in [9.17, 15) is 14.7 Å². The van der Waals surface area contributed by atoms with E-state index in [-0.39, 0.29) is 12.4 Å². The number of hydrogen-bond acceptors (Lipinski definition) is 5. The first-order valence-electron chi connectivity index (χ1n) is 8.09. The van der Waals surface area contributed by atoms with Gasteiger partial charge in [-0.3, -0.25) is 4.79 Å². The highest BCUT2D eigenvalue weighted by atomic mass is 16.5. The molecule has 0 unspecified atom stereocenters. The van der Waals surface area contributed by atoms with E-state index in [1.54, 1.807) is 18.2 Å². The number of allylic oxidation sites excluding steroid dienone is 4. The summed E-state index contributed by atoms with van der Waals surface area (Å²) in [5.74, 6) is -0.508. The van der Waals surface area contributed by atoms with Gasteiger partial charge >= 0.3 is 5.97 Å². The van der Waals surface area contributed by atoms with Gasteiger partial charge in [0.1, 0.15) is 6.10 Å². The van der Waals surface area contributed by atoms with Crippen LogP contribution in [0.25, 0.3) is 0 Å². The highest BCUT2D eigenvalue weighted by Gasteiger charge is 2.12. The number of ether oxygens (including phenoxy) is 2. The molecule has 0 saturated heterocycles. The largest absolute Gasteiger partial charge is 0.456 e. The van der Waals surface area contributed by atoms with E-state index in [2.05, 4.69) is 0 Å². The lowest BCUT2D eigenvalue weighted by atomic mass is 10.1. The van der Waals surface area contributed by atoms with Crippen LogP contribution in [0.3, 0.4) is 0 Å². The molecule has 24 heavy (non-hydrogen) atoms. The Morgan fingerprint density at radius 2 is 2.00 bits per heavy atom. The fourth-order valence-electron chi connectivity index (χ4n) is 2.12. The van der Waals surface area contributed by atoms with E-state index in [1.165, 1.54) is 6.08 Å². The molecule has 0 aromatic rings. The normalized spacial score (nSPS) is 29.2. The van der Waals surface area contributed by atoms with Crippen molar-refractivity contribution in [1.29, 1.82) is 0 Å². The molecular formula is C19H26O5. The van der Waals surface area contributed by atoms with Crippen molar-refractivity contribution in [2.45, 2.75) is 39.2 Å². The number of ketones is 1. The number of esters is 1. The summed E-state index contributed by atoms with van der Waals surface area (Å²) in [6.45, 7) is 4.47. The second kappa shape index (κ2) is 11.5. The highest BCUT2D eigenvalue weighted by molar-refractivity contribution is 5.91. The Bertz CT molecular complexity index is 540. The molecule has 1 rings (SSSR count). The number of carbonyl (C=O) groups is 2. The van der Waals surface area contributed by atoms with E-state index >= 15 is 0 Å². The van der Waals surface area contributed by atoms with Crippen LogP contribution >= 0.6 is 0 Å². The van der Waals surface area contributed by atoms with Crippen LogP contribution in [0.1, 0.15) is 33.1 Å². The van der Waals surface area contributed by atoms with Gasteiger partial charge in [-0.1, -0.05) is 35.5 Å². The van der Waals surface area contributed by atoms with Crippen LogP contribution < -0.4 is 0 Å². The van der Waals surface area contributed by atoms with Crippen molar-refractivity contribution in [2.75, 3.05) is 19.8 Å². The summed E-state index contributed by atoms with van der Waals surface area (Å²) in [4.78, 5) is 23.5. The zero-order valence-electron chi connectivity index (χ0n) is 14.4. The maximum Gasteiger partial charge on any atom is 0.331 e. The Hall–Kier alpha value is -1.98. The maximum absolute atomic E-state index is 11.8. The molecule has 0 amide bonds. The zero-order valence-corrected chi connectivity index (χ0v) is 14.4. The van der Waals surface area contributed by atoms with Gasteiger partial charge in [-0.15, -0.1) is 0 Å². The molecule has 1 heterocycles. The molecule has 1 aliphatic heterocycles. The van der Waals surface area contributed by atoms with Crippen molar-refractivity contribution in [2.24, 2.45) is 0 Å². The minimum Gasteiger partial charge on any atom is -0.456 e. The summed E-state index contributed by atoms with van der Waals surface area (Å²) in [7, 11) is 0. The third-order valence-corrected chi connectivity index (χ3v) is 3.38. The number of carbonyl (C=O) groups excluding carboxylic acids is 2. The molecule has 1 atom stereocenters. The predicted molar refractivity (Wildman–Crippen MR) is 92.4 cm³/mol. The van der Waals surface area contributed by atoms with Gasteiger partial charge in [0.2, 0.25) is 0 Å². The van der Waals surface area contributed by atoms with Crippen LogP contribution in [0.2, 0.25) is 0 Å². The third kappa shape index (κ3) is 9.22.